The van der Waals surface area contributed by atoms with Crippen molar-refractivity contribution in [2.75, 3.05) is 7.11 Å². The van der Waals surface area contributed by atoms with Gasteiger partial charge in [0.05, 0.1) is 7.11 Å². The van der Waals surface area contributed by atoms with Gasteiger partial charge in [-0.2, -0.15) is 0 Å². The van der Waals surface area contributed by atoms with Crippen LogP contribution in [0, 0.1) is 5.92 Å². The number of nitrogens with one attached hydrogen (secondary N) is 3. The molecule has 34 heavy (non-hydrogen) atoms. The molecule has 8 nitrogen and oxygen atoms in total. The Kier molecular flexibility index (Phi) is 8.67. The van der Waals surface area contributed by atoms with Gasteiger partial charge in [-0.3, -0.25) is 4.79 Å². The number of methoxy groups -OCH3 is 1. The van der Waals surface area contributed by atoms with E-state index in [1.54, 1.807) is 0 Å². The predicted molar refractivity (Wildman–Crippen MR) is 129 cm³/mol. The van der Waals surface area contributed by atoms with E-state index in [0.29, 0.717) is 6.42 Å². The summed E-state index contributed by atoms with van der Waals surface area (Å²) in [6.07, 6.45) is 1.72. The zero-order valence-electron chi connectivity index (χ0n) is 19.7. The first-order valence-corrected chi connectivity index (χ1v) is 11.3. The fourth-order valence-corrected chi connectivity index (χ4v) is 3.74. The number of rotatable bonds is 10. The van der Waals surface area contributed by atoms with Gasteiger partial charge in [-0.25, -0.2) is 9.59 Å². The number of hydrogen-bond donors (Lipinski definition) is 3. The molecule has 3 aromatic rings. The van der Waals surface area contributed by atoms with Crippen molar-refractivity contribution in [3.63, 3.8) is 0 Å². The minimum absolute atomic E-state index is 0.0756. The van der Waals surface area contributed by atoms with Gasteiger partial charge >= 0.3 is 12.1 Å². The number of carbonyl (C=O) groups is 3. The van der Waals surface area contributed by atoms with E-state index in [4.69, 9.17) is 9.47 Å². The van der Waals surface area contributed by atoms with E-state index in [-0.39, 0.29) is 18.9 Å². The number of amides is 2. The lowest BCUT2D eigenvalue weighted by molar-refractivity contribution is -0.145. The molecule has 3 rings (SSSR count). The van der Waals surface area contributed by atoms with Crippen molar-refractivity contribution in [1.82, 2.24) is 15.6 Å². The van der Waals surface area contributed by atoms with Gasteiger partial charge < -0.3 is 25.1 Å². The van der Waals surface area contributed by atoms with Gasteiger partial charge in [0.1, 0.15) is 18.7 Å². The number of aromatic amines is 1. The van der Waals surface area contributed by atoms with Crippen LogP contribution in [0.2, 0.25) is 0 Å². The molecule has 8 heteroatoms. The van der Waals surface area contributed by atoms with Crippen molar-refractivity contribution in [3.05, 3.63) is 71.9 Å². The van der Waals surface area contributed by atoms with Crippen LogP contribution in [0.15, 0.2) is 60.8 Å². The van der Waals surface area contributed by atoms with Crippen LogP contribution in [-0.4, -0.2) is 42.1 Å². The van der Waals surface area contributed by atoms with Gasteiger partial charge in [0.25, 0.3) is 0 Å². The van der Waals surface area contributed by atoms with Gasteiger partial charge in [-0.1, -0.05) is 62.4 Å². The first-order chi connectivity index (χ1) is 16.4. The predicted octanol–water partition coefficient (Wildman–Crippen LogP) is 3.71. The van der Waals surface area contributed by atoms with Crippen LogP contribution in [-0.2, 0) is 32.1 Å². The second-order valence-corrected chi connectivity index (χ2v) is 8.54. The van der Waals surface area contributed by atoms with Crippen molar-refractivity contribution in [2.45, 2.75) is 45.4 Å². The number of hydrogen-bond acceptors (Lipinski definition) is 5. The van der Waals surface area contributed by atoms with Crippen molar-refractivity contribution < 1.29 is 23.9 Å². The summed E-state index contributed by atoms with van der Waals surface area (Å²) in [6, 6.07) is 15.2. The molecule has 0 aliphatic rings. The summed E-state index contributed by atoms with van der Waals surface area (Å²) in [4.78, 5) is 41.2. The van der Waals surface area contributed by atoms with Crippen molar-refractivity contribution in [2.24, 2.45) is 5.92 Å². The molecular formula is C26H31N3O5. The van der Waals surface area contributed by atoms with Gasteiger partial charge in [-0.05, 0) is 29.5 Å². The maximum atomic E-state index is 13.2. The highest BCUT2D eigenvalue weighted by Crippen LogP contribution is 2.19. The highest BCUT2D eigenvalue weighted by Gasteiger charge is 2.29. The molecule has 0 unspecified atom stereocenters. The smallest absolute Gasteiger partial charge is 0.408 e. The third-order valence-corrected chi connectivity index (χ3v) is 5.43. The number of H-pyrrole nitrogens is 1. The fraction of sp³-hybridized carbons (Fsp3) is 0.346. The van der Waals surface area contributed by atoms with E-state index >= 15 is 0 Å². The van der Waals surface area contributed by atoms with E-state index in [9.17, 15) is 14.4 Å². The molecule has 0 aliphatic carbocycles. The van der Waals surface area contributed by atoms with E-state index in [1.165, 1.54) is 7.11 Å². The second kappa shape index (κ2) is 11.9. The molecule has 3 N–H and O–H groups in total. The summed E-state index contributed by atoms with van der Waals surface area (Å²) in [6.45, 7) is 3.97. The zero-order chi connectivity index (χ0) is 24.5. The topological polar surface area (TPSA) is 110 Å². The van der Waals surface area contributed by atoms with Crippen LogP contribution in [0.5, 0.6) is 0 Å². The summed E-state index contributed by atoms with van der Waals surface area (Å²) < 4.78 is 10.2. The molecule has 0 spiro atoms. The second-order valence-electron chi connectivity index (χ2n) is 8.54. The molecule has 2 atom stereocenters. The minimum atomic E-state index is -0.957. The Morgan fingerprint density at radius 3 is 2.35 bits per heavy atom. The molecule has 2 amide bonds. The van der Waals surface area contributed by atoms with Crippen LogP contribution in [0.4, 0.5) is 4.79 Å². The van der Waals surface area contributed by atoms with Crippen molar-refractivity contribution >= 4 is 28.9 Å². The van der Waals surface area contributed by atoms with E-state index in [2.05, 4.69) is 15.6 Å². The standard InChI is InChI=1S/C26H31N3O5/c1-17(2)13-23(25(31)33-3)28-24(30)22(14-19-15-27-21-12-8-7-11-20(19)21)29-26(32)34-16-18-9-5-4-6-10-18/h4-12,15,17,22-23,27H,13-14,16H2,1-3H3,(H,28,30)(H,29,32)/t22-,23+/m0/s1. The Hall–Kier alpha value is -3.81. The monoisotopic (exact) mass is 465 g/mol. The molecule has 180 valence electrons. The molecule has 1 heterocycles. The first-order valence-electron chi connectivity index (χ1n) is 11.3. The van der Waals surface area contributed by atoms with Crippen molar-refractivity contribution in [3.8, 4) is 0 Å². The Balaban J connectivity index is 1.76. The summed E-state index contributed by atoms with van der Waals surface area (Å²) in [7, 11) is 1.28. The minimum Gasteiger partial charge on any atom is -0.467 e. The van der Waals surface area contributed by atoms with E-state index in [0.717, 1.165) is 22.0 Å². The highest BCUT2D eigenvalue weighted by atomic mass is 16.5. The lowest BCUT2D eigenvalue weighted by atomic mass is 10.0. The number of ether oxygens (including phenoxy) is 2. The molecular weight excluding hydrogens is 434 g/mol. The van der Waals surface area contributed by atoms with E-state index in [1.807, 2.05) is 74.6 Å². The number of fused-ring (bicyclic) bond motifs is 1. The molecule has 0 bridgehead atoms. The maximum Gasteiger partial charge on any atom is 0.408 e. The number of esters is 1. The SMILES string of the molecule is COC(=O)[C@@H](CC(C)C)NC(=O)[C@H](Cc1c[nH]c2ccccc12)NC(=O)OCc1ccccc1. The molecule has 0 aliphatic heterocycles. The van der Waals surface area contributed by atoms with Crippen LogP contribution < -0.4 is 10.6 Å². The van der Waals surface area contributed by atoms with Crippen LogP contribution in [0.25, 0.3) is 10.9 Å². The number of carbonyl (C=O) groups excluding carboxylic acids is 3. The normalized spacial score (nSPS) is 12.7. The van der Waals surface area contributed by atoms with Gasteiger partial charge in [0.15, 0.2) is 0 Å². The summed E-state index contributed by atoms with van der Waals surface area (Å²) in [5.74, 6) is -0.863. The molecule has 1 aromatic heterocycles. The van der Waals surface area contributed by atoms with Crippen LogP contribution in [0.1, 0.15) is 31.4 Å². The lowest BCUT2D eigenvalue weighted by Crippen LogP contribution is -2.53. The summed E-state index contributed by atoms with van der Waals surface area (Å²) >= 11 is 0. The average molecular weight is 466 g/mol. The quantitative estimate of drug-likeness (QED) is 0.396. The summed E-state index contributed by atoms with van der Waals surface area (Å²) in [5.41, 5.74) is 2.62. The number of alkyl carbamates (subject to hydrolysis) is 1. The number of para-hydroxylation sites is 1. The fourth-order valence-electron chi connectivity index (χ4n) is 3.74. The molecule has 0 radical (unpaired) electrons. The highest BCUT2D eigenvalue weighted by molar-refractivity contribution is 5.91. The third kappa shape index (κ3) is 6.84. The molecule has 2 aromatic carbocycles. The van der Waals surface area contributed by atoms with Crippen LogP contribution >= 0.6 is 0 Å². The Morgan fingerprint density at radius 1 is 0.941 bits per heavy atom. The summed E-state index contributed by atoms with van der Waals surface area (Å²) in [5, 5.41) is 6.36. The number of aromatic nitrogens is 1. The Labute approximate surface area is 199 Å². The first kappa shape index (κ1) is 24.8. The number of benzene rings is 2. The van der Waals surface area contributed by atoms with Gasteiger partial charge in [0.2, 0.25) is 5.91 Å². The average Bonchev–Trinajstić information content (AvgIpc) is 3.24. The Morgan fingerprint density at radius 2 is 1.65 bits per heavy atom. The zero-order valence-corrected chi connectivity index (χ0v) is 19.7. The van der Waals surface area contributed by atoms with Gasteiger partial charge in [0, 0.05) is 23.5 Å². The lowest BCUT2D eigenvalue weighted by Gasteiger charge is -2.23. The largest absolute Gasteiger partial charge is 0.467 e. The molecule has 0 saturated heterocycles. The Bertz CT molecular complexity index is 1110. The molecule has 0 fully saturated rings. The molecule has 0 saturated carbocycles. The van der Waals surface area contributed by atoms with Crippen molar-refractivity contribution in [1.29, 1.82) is 0 Å². The van der Waals surface area contributed by atoms with E-state index < -0.39 is 30.1 Å². The van der Waals surface area contributed by atoms with Gasteiger partial charge in [-0.15, -0.1) is 0 Å². The third-order valence-electron chi connectivity index (χ3n) is 5.43. The van der Waals surface area contributed by atoms with Crippen LogP contribution in [0.3, 0.4) is 0 Å². The maximum absolute atomic E-state index is 13.2.